The molecule has 0 aliphatic heterocycles. The molecule has 0 N–H and O–H groups in total. The van der Waals surface area contributed by atoms with Gasteiger partial charge in [-0.2, -0.15) is 0 Å². The van der Waals surface area contributed by atoms with Crippen molar-refractivity contribution in [2.45, 2.75) is 138 Å². The minimum Gasteiger partial charge on any atom is -0.300 e. The van der Waals surface area contributed by atoms with Crippen LogP contribution in [-0.2, 0) is 35.2 Å². The topological polar surface area (TPSA) is 137 Å². The molecule has 0 spiro atoms. The summed E-state index contributed by atoms with van der Waals surface area (Å²) in [7, 11) is 0. The molecule has 0 aromatic heterocycles. The van der Waals surface area contributed by atoms with E-state index in [4.69, 9.17) is 23.2 Å². The van der Waals surface area contributed by atoms with E-state index in [0.29, 0.717) is 11.1 Å². The molecule has 0 saturated carbocycles. The highest BCUT2D eigenvalue weighted by atomic mass is 35.5. The van der Waals surface area contributed by atoms with Crippen LogP contribution < -0.4 is 0 Å². The highest BCUT2D eigenvalue weighted by molar-refractivity contribution is 6.68. The lowest BCUT2D eigenvalue weighted by Crippen LogP contribution is -1.85. The third-order valence-electron chi connectivity index (χ3n) is 5.75. The fourth-order valence-electron chi connectivity index (χ4n) is 3.70. The second kappa shape index (κ2) is 79.8. The summed E-state index contributed by atoms with van der Waals surface area (Å²) in [5.74, 6) is 0.167. The van der Waals surface area contributed by atoms with Gasteiger partial charge in [0.1, 0.15) is 5.78 Å². The number of carbonyl (C=O) groups is 8. The third kappa shape index (κ3) is 104. The van der Waals surface area contributed by atoms with Crippen molar-refractivity contribution in [1.82, 2.24) is 0 Å². The standard InChI is InChI=1S/C13H12.C10H8.2C7H5ClO.C3H6O.5C2H3ClO.6C2H6/c1-3-7-12(8-4-1)11-13-9-5-2-6-10-13;1-2-6-10-8-4-3-7-9(10)5-1;2*8-7(9)6-4-2-1-3-5-6;1-3(2)4;5*1-2(3)4;6*1-2/h1-10H,11H2;1-8H;2*1-5H;1-2H3;5*1H3;6*1-2H3. The molecule has 0 atom stereocenters. The molecule has 6 aromatic carbocycles. The van der Waals surface area contributed by atoms with Crippen LogP contribution in [0, 0.1) is 0 Å². The zero-order chi connectivity index (χ0) is 62.6. The van der Waals surface area contributed by atoms with Crippen LogP contribution in [0.4, 0.5) is 0 Å². The van der Waals surface area contributed by atoms with E-state index in [1.54, 1.807) is 48.5 Å². The Kier molecular flexibility index (Phi) is 97.9. The van der Waals surface area contributed by atoms with Crippen molar-refractivity contribution < 1.29 is 38.4 Å². The fourth-order valence-corrected chi connectivity index (χ4v) is 3.95. The van der Waals surface area contributed by atoms with Crippen molar-refractivity contribution in [2.75, 3.05) is 0 Å². The van der Waals surface area contributed by atoms with Crippen LogP contribution in [0.3, 0.4) is 0 Å². The Morgan fingerprint density at radius 1 is 0.260 bits per heavy atom. The summed E-state index contributed by atoms with van der Waals surface area (Å²) in [6, 6.07) is 55.2. The van der Waals surface area contributed by atoms with Crippen molar-refractivity contribution in [1.29, 1.82) is 0 Å². The van der Waals surface area contributed by atoms with Crippen LogP contribution in [0.25, 0.3) is 10.8 Å². The molecule has 6 aromatic rings. The van der Waals surface area contributed by atoms with Crippen molar-refractivity contribution in [3.63, 3.8) is 0 Å². The van der Waals surface area contributed by atoms with Gasteiger partial charge in [0, 0.05) is 45.7 Å². The monoisotopic (exact) mass is 1200 g/mol. The van der Waals surface area contributed by atoms with Gasteiger partial charge in [-0.1, -0.05) is 253 Å². The number of rotatable bonds is 4. The molecule has 0 saturated heterocycles. The van der Waals surface area contributed by atoms with Crippen LogP contribution >= 0.6 is 81.2 Å². The van der Waals surface area contributed by atoms with Gasteiger partial charge >= 0.3 is 0 Å². The largest absolute Gasteiger partial charge is 0.300 e. The first-order valence-corrected chi connectivity index (χ1v) is 27.4. The van der Waals surface area contributed by atoms with Crippen LogP contribution in [0.5, 0.6) is 0 Å². The lowest BCUT2D eigenvalue weighted by atomic mass is 10.1. The van der Waals surface area contributed by atoms with E-state index < -0.39 is 10.5 Å². The minimum atomic E-state index is -0.407. The van der Waals surface area contributed by atoms with Gasteiger partial charge in [-0.25, -0.2) is 0 Å². The zero-order valence-electron chi connectivity index (χ0n) is 48.8. The molecule has 0 unspecified atom stereocenters. The quantitative estimate of drug-likeness (QED) is 0.159. The van der Waals surface area contributed by atoms with E-state index in [9.17, 15) is 38.4 Å². The summed E-state index contributed by atoms with van der Waals surface area (Å²) in [5.41, 5.74) is 3.82. The SMILES string of the molecule is CC.CC.CC.CC.CC.CC.CC(=O)Cl.CC(=O)Cl.CC(=O)Cl.CC(=O)Cl.CC(=O)Cl.CC(C)=O.O=C(Cl)c1ccccc1.O=C(Cl)c1ccccc1.c1ccc(Cc2ccccc2)cc1.c1ccc2ccccc2c1. The summed E-state index contributed by atoms with van der Waals surface area (Å²) in [5, 5.41) is 0.00111. The van der Waals surface area contributed by atoms with Gasteiger partial charge in [-0.3, -0.25) is 33.6 Å². The molecule has 15 heteroatoms. The lowest BCUT2D eigenvalue weighted by molar-refractivity contribution is -0.115. The van der Waals surface area contributed by atoms with Crippen LogP contribution in [-0.4, -0.2) is 42.5 Å². The lowest BCUT2D eigenvalue weighted by Gasteiger charge is -2.00. The second-order valence-electron chi connectivity index (χ2n) is 12.0. The smallest absolute Gasteiger partial charge is 0.252 e. The Labute approximate surface area is 499 Å². The minimum absolute atomic E-state index is 0.167. The Morgan fingerprint density at radius 3 is 0.519 bits per heavy atom. The Balaban J connectivity index is -0.0000000816. The van der Waals surface area contributed by atoms with Gasteiger partial charge in [0.25, 0.3) is 10.5 Å². The van der Waals surface area contributed by atoms with Gasteiger partial charge < -0.3 is 4.79 Å². The van der Waals surface area contributed by atoms with E-state index in [0.717, 1.165) is 6.42 Å². The first kappa shape index (κ1) is 94.4. The van der Waals surface area contributed by atoms with Crippen molar-refractivity contribution in [3.05, 3.63) is 192 Å². The van der Waals surface area contributed by atoms with Crippen LogP contribution in [0.15, 0.2) is 170 Å². The molecular weight excluding hydrogens is 1120 g/mol. The van der Waals surface area contributed by atoms with Crippen molar-refractivity contribution in [3.8, 4) is 0 Å². The summed E-state index contributed by atoms with van der Waals surface area (Å²) in [4.78, 5) is 76.3. The molecule has 0 heterocycles. The number of halogens is 7. The highest BCUT2D eigenvalue weighted by Gasteiger charge is 1.97. The van der Waals surface area contributed by atoms with E-state index in [1.165, 1.54) is 70.4 Å². The van der Waals surface area contributed by atoms with Crippen LogP contribution in [0.2, 0.25) is 0 Å². The second-order valence-corrected chi connectivity index (χ2v) is 15.4. The molecule has 77 heavy (non-hydrogen) atoms. The summed E-state index contributed by atoms with van der Waals surface area (Å²) < 4.78 is 0. The normalized spacial score (nSPS) is 7.56. The van der Waals surface area contributed by atoms with Gasteiger partial charge in [0.2, 0.25) is 26.2 Å². The molecule has 0 aliphatic rings. The van der Waals surface area contributed by atoms with E-state index in [1.807, 2.05) is 95.2 Å². The van der Waals surface area contributed by atoms with E-state index >= 15 is 0 Å². The number of fused-ring (bicyclic) bond motifs is 1. The van der Waals surface area contributed by atoms with Gasteiger partial charge in [0.05, 0.1) is 0 Å². The molecule has 0 aliphatic carbocycles. The molecule has 432 valence electrons. The predicted octanol–water partition coefficient (Wildman–Crippen LogP) is 20.9. The average molecular weight is 1210 g/mol. The number of hydrogen-bond donors (Lipinski definition) is 0. The Bertz CT molecular complexity index is 1960. The van der Waals surface area contributed by atoms with Gasteiger partial charge in [-0.05, 0) is 123 Å². The average Bonchev–Trinajstić information content (AvgIpc) is 3.41. The molecule has 0 bridgehead atoms. The van der Waals surface area contributed by atoms with Crippen LogP contribution in [0.1, 0.15) is 163 Å². The summed E-state index contributed by atoms with van der Waals surface area (Å²) in [6.45, 7) is 33.5. The molecule has 0 amide bonds. The Hall–Kier alpha value is -5.03. The first-order chi connectivity index (χ1) is 36.4. The molecule has 0 radical (unpaired) electrons. The summed E-state index contributed by atoms with van der Waals surface area (Å²) in [6.07, 6.45) is 1.03. The van der Waals surface area contributed by atoms with Crippen molar-refractivity contribution >= 4 is 134 Å². The number of carbonyl (C=O) groups excluding carboxylic acids is 8. The number of benzene rings is 6. The Morgan fingerprint density at radius 2 is 0.390 bits per heavy atom. The fraction of sp³-hybridized carbons (Fsp3) is 0.323. The molecular formula is C62H87Cl7O8. The maximum Gasteiger partial charge on any atom is 0.252 e. The van der Waals surface area contributed by atoms with Gasteiger partial charge in [-0.15, -0.1) is 0 Å². The first-order valence-electron chi connectivity index (χ1n) is 24.7. The van der Waals surface area contributed by atoms with Gasteiger partial charge in [0.15, 0.2) is 0 Å². The number of hydrogen-bond acceptors (Lipinski definition) is 8. The summed E-state index contributed by atoms with van der Waals surface area (Å²) >= 11 is 33.5. The van der Waals surface area contributed by atoms with E-state index in [2.05, 4.69) is 167 Å². The number of Topliss-reactive ketones (excluding diaryl/α,β-unsaturated/α-hetero) is 1. The maximum absolute atomic E-state index is 10.4. The van der Waals surface area contributed by atoms with E-state index in [-0.39, 0.29) is 32.0 Å². The highest BCUT2D eigenvalue weighted by Crippen LogP contribution is 2.11. The zero-order valence-corrected chi connectivity index (χ0v) is 54.1. The maximum atomic E-state index is 10.4. The molecule has 8 nitrogen and oxygen atoms in total. The van der Waals surface area contributed by atoms with Crippen molar-refractivity contribution in [2.24, 2.45) is 0 Å². The predicted molar refractivity (Wildman–Crippen MR) is 340 cm³/mol. The number of ketones is 1. The molecule has 6 rings (SSSR count). The third-order valence-corrected chi connectivity index (χ3v) is 6.19. The molecule has 0 fully saturated rings.